The summed E-state index contributed by atoms with van der Waals surface area (Å²) < 4.78 is 0. The predicted molar refractivity (Wildman–Crippen MR) is 82.5 cm³/mol. The monoisotopic (exact) mass is 271 g/mol. The Hall–Kier alpha value is -2.23. The molecule has 1 heterocycles. The number of urea groups is 1. The lowest BCUT2D eigenvalue weighted by molar-refractivity contribution is 0.244. The Kier molecular flexibility index (Phi) is 4.82. The number of carbonyl (C=O) groups excluding carboxylic acids is 1. The summed E-state index contributed by atoms with van der Waals surface area (Å²) in [5.74, 6) is 0.432. The van der Waals surface area contributed by atoms with Crippen LogP contribution in [-0.4, -0.2) is 17.6 Å². The van der Waals surface area contributed by atoms with Gasteiger partial charge in [-0.05, 0) is 24.0 Å². The van der Waals surface area contributed by atoms with E-state index in [2.05, 4.69) is 41.6 Å². The minimum atomic E-state index is -0.165. The highest BCUT2D eigenvalue weighted by Gasteiger charge is 2.03. The summed E-state index contributed by atoms with van der Waals surface area (Å²) in [6.45, 7) is 4.74. The van der Waals surface area contributed by atoms with Crippen LogP contribution in [0.5, 0.6) is 0 Å². The number of aromatic amines is 1. The van der Waals surface area contributed by atoms with Gasteiger partial charge in [-0.3, -0.25) is 0 Å². The van der Waals surface area contributed by atoms with Crippen LogP contribution in [0.4, 0.5) is 4.79 Å². The van der Waals surface area contributed by atoms with Crippen molar-refractivity contribution in [3.63, 3.8) is 0 Å². The Morgan fingerprint density at radius 1 is 1.35 bits per heavy atom. The SMILES string of the molecule is CC(C)/C=C/NC(=O)NCCc1c[nH]c2ccccc12. The maximum absolute atomic E-state index is 11.5. The van der Waals surface area contributed by atoms with E-state index < -0.39 is 0 Å². The fraction of sp³-hybridized carbons (Fsp3) is 0.312. The third kappa shape index (κ3) is 3.88. The largest absolute Gasteiger partial charge is 0.361 e. The van der Waals surface area contributed by atoms with E-state index in [0.717, 1.165) is 11.9 Å². The lowest BCUT2D eigenvalue weighted by Gasteiger charge is -2.04. The van der Waals surface area contributed by atoms with Crippen molar-refractivity contribution in [2.75, 3.05) is 6.54 Å². The average molecular weight is 271 g/mol. The lowest BCUT2D eigenvalue weighted by atomic mass is 10.1. The molecular weight excluding hydrogens is 250 g/mol. The van der Waals surface area contributed by atoms with Crippen molar-refractivity contribution in [2.24, 2.45) is 5.92 Å². The first-order valence-corrected chi connectivity index (χ1v) is 6.93. The third-order valence-corrected chi connectivity index (χ3v) is 3.05. The van der Waals surface area contributed by atoms with Gasteiger partial charge in [0.1, 0.15) is 0 Å². The molecule has 0 bridgehead atoms. The number of hydrogen-bond donors (Lipinski definition) is 3. The zero-order chi connectivity index (χ0) is 14.4. The number of carbonyl (C=O) groups is 1. The van der Waals surface area contributed by atoms with Crippen molar-refractivity contribution in [3.05, 3.63) is 48.3 Å². The van der Waals surface area contributed by atoms with E-state index >= 15 is 0 Å². The Balaban J connectivity index is 1.80. The lowest BCUT2D eigenvalue weighted by Crippen LogP contribution is -2.33. The maximum atomic E-state index is 11.5. The van der Waals surface area contributed by atoms with Gasteiger partial charge in [0.15, 0.2) is 0 Å². The summed E-state index contributed by atoms with van der Waals surface area (Å²) in [4.78, 5) is 14.8. The van der Waals surface area contributed by atoms with E-state index in [1.54, 1.807) is 6.20 Å². The molecule has 1 aromatic heterocycles. The molecule has 0 atom stereocenters. The van der Waals surface area contributed by atoms with Gasteiger partial charge in [0.2, 0.25) is 0 Å². The number of H-pyrrole nitrogens is 1. The standard InChI is InChI=1S/C16H21N3O/c1-12(2)7-9-17-16(20)18-10-8-13-11-19-15-6-4-3-5-14(13)15/h3-7,9,11-12,19H,8,10H2,1-2H3,(H2,17,18,20)/b9-7+. The number of amides is 2. The van der Waals surface area contributed by atoms with Gasteiger partial charge in [0.05, 0.1) is 0 Å². The molecule has 0 aliphatic rings. The molecule has 0 fully saturated rings. The molecule has 3 N–H and O–H groups in total. The highest BCUT2D eigenvalue weighted by Crippen LogP contribution is 2.17. The van der Waals surface area contributed by atoms with Crippen molar-refractivity contribution in [3.8, 4) is 0 Å². The second-order valence-corrected chi connectivity index (χ2v) is 5.11. The molecule has 0 saturated carbocycles. The summed E-state index contributed by atoms with van der Waals surface area (Å²) >= 11 is 0. The molecule has 2 aromatic rings. The molecule has 20 heavy (non-hydrogen) atoms. The van der Waals surface area contributed by atoms with Crippen LogP contribution < -0.4 is 10.6 Å². The Morgan fingerprint density at radius 3 is 2.95 bits per heavy atom. The normalized spacial score (nSPS) is 11.3. The minimum absolute atomic E-state index is 0.165. The second kappa shape index (κ2) is 6.80. The molecule has 2 rings (SSSR count). The van der Waals surface area contributed by atoms with Gasteiger partial charge in [-0.15, -0.1) is 0 Å². The van der Waals surface area contributed by atoms with Crippen molar-refractivity contribution in [2.45, 2.75) is 20.3 Å². The Morgan fingerprint density at radius 2 is 2.15 bits per heavy atom. The predicted octanol–water partition coefficient (Wildman–Crippen LogP) is 3.18. The highest BCUT2D eigenvalue weighted by atomic mass is 16.2. The summed E-state index contributed by atoms with van der Waals surface area (Å²) in [6.07, 6.45) is 6.44. The molecule has 0 saturated heterocycles. The third-order valence-electron chi connectivity index (χ3n) is 3.05. The van der Waals surface area contributed by atoms with Gasteiger partial charge in [-0.2, -0.15) is 0 Å². The summed E-state index contributed by atoms with van der Waals surface area (Å²) in [5.41, 5.74) is 2.35. The fourth-order valence-corrected chi connectivity index (χ4v) is 2.02. The minimum Gasteiger partial charge on any atom is -0.361 e. The number of rotatable bonds is 5. The molecular formula is C16H21N3O. The molecule has 1 aromatic carbocycles. The molecule has 2 amide bonds. The molecule has 4 heteroatoms. The summed E-state index contributed by atoms with van der Waals surface area (Å²) in [7, 11) is 0. The van der Waals surface area contributed by atoms with Crippen LogP contribution in [-0.2, 0) is 6.42 Å². The molecule has 4 nitrogen and oxygen atoms in total. The number of allylic oxidation sites excluding steroid dienone is 1. The van der Waals surface area contributed by atoms with Crippen LogP contribution >= 0.6 is 0 Å². The van der Waals surface area contributed by atoms with E-state index in [0.29, 0.717) is 12.5 Å². The van der Waals surface area contributed by atoms with Gasteiger partial charge in [-0.1, -0.05) is 38.1 Å². The van der Waals surface area contributed by atoms with Crippen molar-refractivity contribution in [1.82, 2.24) is 15.6 Å². The zero-order valence-electron chi connectivity index (χ0n) is 11.9. The van der Waals surface area contributed by atoms with E-state index in [9.17, 15) is 4.79 Å². The summed E-state index contributed by atoms with van der Waals surface area (Å²) in [6, 6.07) is 8.01. The van der Waals surface area contributed by atoms with Gasteiger partial charge in [0, 0.05) is 29.8 Å². The van der Waals surface area contributed by atoms with E-state index in [-0.39, 0.29) is 6.03 Å². The quantitative estimate of drug-likeness (QED) is 0.768. The Bertz CT molecular complexity index is 599. The zero-order valence-corrected chi connectivity index (χ0v) is 11.9. The second-order valence-electron chi connectivity index (χ2n) is 5.11. The highest BCUT2D eigenvalue weighted by molar-refractivity contribution is 5.83. The topological polar surface area (TPSA) is 56.9 Å². The van der Waals surface area contributed by atoms with Crippen LogP contribution in [0.25, 0.3) is 10.9 Å². The van der Waals surface area contributed by atoms with E-state index in [4.69, 9.17) is 0 Å². The smallest absolute Gasteiger partial charge is 0.318 e. The first-order chi connectivity index (χ1) is 9.66. The number of benzene rings is 1. The average Bonchev–Trinajstić information content (AvgIpc) is 2.82. The number of para-hydroxylation sites is 1. The van der Waals surface area contributed by atoms with Gasteiger partial charge in [-0.25, -0.2) is 4.79 Å². The van der Waals surface area contributed by atoms with Crippen molar-refractivity contribution in [1.29, 1.82) is 0 Å². The van der Waals surface area contributed by atoms with Gasteiger partial charge in [0.25, 0.3) is 0 Å². The molecule has 0 aliphatic heterocycles. The van der Waals surface area contributed by atoms with Gasteiger partial charge < -0.3 is 15.6 Å². The molecule has 106 valence electrons. The van der Waals surface area contributed by atoms with Crippen LogP contribution in [0.2, 0.25) is 0 Å². The van der Waals surface area contributed by atoms with Crippen molar-refractivity contribution < 1.29 is 4.79 Å². The van der Waals surface area contributed by atoms with Crippen LogP contribution in [0.3, 0.4) is 0 Å². The molecule has 0 radical (unpaired) electrons. The Labute approximate surface area is 119 Å². The fourth-order valence-electron chi connectivity index (χ4n) is 2.02. The first kappa shape index (κ1) is 14.2. The van der Waals surface area contributed by atoms with Crippen molar-refractivity contribution >= 4 is 16.9 Å². The first-order valence-electron chi connectivity index (χ1n) is 6.93. The molecule has 0 unspecified atom stereocenters. The number of aromatic nitrogens is 1. The number of fused-ring (bicyclic) bond motifs is 1. The number of hydrogen-bond acceptors (Lipinski definition) is 1. The van der Waals surface area contributed by atoms with E-state index in [1.165, 1.54) is 10.9 Å². The molecule has 0 spiro atoms. The molecule has 0 aliphatic carbocycles. The maximum Gasteiger partial charge on any atom is 0.318 e. The van der Waals surface area contributed by atoms with Crippen LogP contribution in [0, 0.1) is 5.92 Å². The summed E-state index contributed by atoms with van der Waals surface area (Å²) in [5, 5.41) is 6.75. The number of nitrogens with one attached hydrogen (secondary N) is 3. The van der Waals surface area contributed by atoms with Crippen LogP contribution in [0.1, 0.15) is 19.4 Å². The van der Waals surface area contributed by atoms with E-state index in [1.807, 2.05) is 24.4 Å². The van der Waals surface area contributed by atoms with Crippen LogP contribution in [0.15, 0.2) is 42.7 Å². The van der Waals surface area contributed by atoms with Gasteiger partial charge >= 0.3 is 6.03 Å².